The Morgan fingerprint density at radius 2 is 1.58 bits per heavy atom. The largest absolute Gasteiger partial charge is 0.462 e. The Morgan fingerprint density at radius 3 is 2.26 bits per heavy atom. The van der Waals surface area contributed by atoms with E-state index in [9.17, 15) is 9.59 Å². The molecule has 0 aromatic heterocycles. The van der Waals surface area contributed by atoms with E-state index in [-0.39, 0.29) is 5.97 Å². The number of hydrogen-bond acceptors (Lipinski definition) is 3. The number of carbonyl (C=O) groups excluding carboxylic acids is 2. The summed E-state index contributed by atoms with van der Waals surface area (Å²) in [6, 6.07) is 9.05. The fourth-order valence-electron chi connectivity index (χ4n) is 1.86. The number of esters is 1. The molecule has 0 bridgehead atoms. The molecule has 19 heavy (non-hydrogen) atoms. The van der Waals surface area contributed by atoms with Crippen molar-refractivity contribution in [1.82, 2.24) is 0 Å². The molecule has 0 spiro atoms. The summed E-state index contributed by atoms with van der Waals surface area (Å²) in [4.78, 5) is 21.7. The monoisotopic (exact) mass is 262 g/mol. The first-order chi connectivity index (χ1) is 9.34. The molecule has 0 N–H and O–H groups in total. The molecule has 1 rings (SSSR count). The predicted octanol–water partition coefficient (Wildman–Crippen LogP) is 3.77. The van der Waals surface area contributed by atoms with E-state index in [0.29, 0.717) is 18.6 Å². The number of ether oxygens (including phenoxy) is 1. The van der Waals surface area contributed by atoms with E-state index in [1.54, 1.807) is 12.1 Å². The maximum atomic E-state index is 11.6. The van der Waals surface area contributed by atoms with E-state index < -0.39 is 0 Å². The average molecular weight is 262 g/mol. The van der Waals surface area contributed by atoms with Gasteiger partial charge < -0.3 is 9.53 Å². The van der Waals surface area contributed by atoms with Gasteiger partial charge in [-0.1, -0.05) is 43.9 Å². The highest BCUT2D eigenvalue weighted by Gasteiger charge is 2.04. The van der Waals surface area contributed by atoms with Crippen LogP contribution in [0.1, 0.15) is 55.3 Å². The first-order valence-electron chi connectivity index (χ1n) is 7.00. The van der Waals surface area contributed by atoms with Crippen molar-refractivity contribution in [2.45, 2.75) is 44.9 Å². The smallest absolute Gasteiger partial charge is 0.338 e. The molecule has 0 saturated carbocycles. The van der Waals surface area contributed by atoms with Gasteiger partial charge in [0.1, 0.15) is 6.29 Å². The molecular formula is C16H22O3. The van der Waals surface area contributed by atoms with Crippen molar-refractivity contribution in [3.8, 4) is 0 Å². The molecule has 0 aliphatic carbocycles. The standard InChI is InChI=1S/C16H22O3/c17-13-9-4-2-1-3-5-10-14-19-16(18)15-11-7-6-8-12-15/h6-8,11-13H,1-5,9-10,14H2. The summed E-state index contributed by atoms with van der Waals surface area (Å²) in [5.74, 6) is -0.244. The summed E-state index contributed by atoms with van der Waals surface area (Å²) >= 11 is 0. The van der Waals surface area contributed by atoms with Crippen LogP contribution in [0.2, 0.25) is 0 Å². The van der Waals surface area contributed by atoms with Gasteiger partial charge in [-0.2, -0.15) is 0 Å². The minimum Gasteiger partial charge on any atom is -0.462 e. The third kappa shape index (κ3) is 7.39. The molecule has 0 amide bonds. The van der Waals surface area contributed by atoms with Gasteiger partial charge in [-0.3, -0.25) is 0 Å². The van der Waals surface area contributed by atoms with Gasteiger partial charge in [0.05, 0.1) is 12.2 Å². The highest BCUT2D eigenvalue weighted by molar-refractivity contribution is 5.89. The van der Waals surface area contributed by atoms with Gasteiger partial charge >= 0.3 is 5.97 Å². The zero-order chi connectivity index (χ0) is 13.8. The van der Waals surface area contributed by atoms with Crippen LogP contribution < -0.4 is 0 Å². The van der Waals surface area contributed by atoms with Crippen LogP contribution in [-0.4, -0.2) is 18.9 Å². The molecule has 0 aliphatic heterocycles. The van der Waals surface area contributed by atoms with Crippen molar-refractivity contribution >= 4 is 12.3 Å². The van der Waals surface area contributed by atoms with Gasteiger partial charge in [-0.15, -0.1) is 0 Å². The molecule has 0 aliphatic rings. The Morgan fingerprint density at radius 1 is 0.947 bits per heavy atom. The molecule has 3 heteroatoms. The highest BCUT2D eigenvalue weighted by Crippen LogP contribution is 2.07. The summed E-state index contributed by atoms with van der Waals surface area (Å²) < 4.78 is 5.19. The number of rotatable bonds is 10. The fraction of sp³-hybridized carbons (Fsp3) is 0.500. The fourth-order valence-corrected chi connectivity index (χ4v) is 1.86. The van der Waals surface area contributed by atoms with Crippen LogP contribution in [0.25, 0.3) is 0 Å². The molecule has 1 aromatic carbocycles. The summed E-state index contributed by atoms with van der Waals surface area (Å²) in [6.07, 6.45) is 8.03. The number of hydrogen-bond donors (Lipinski definition) is 0. The van der Waals surface area contributed by atoms with Crippen LogP contribution in [0.3, 0.4) is 0 Å². The second-order valence-corrected chi connectivity index (χ2v) is 4.58. The Bertz CT molecular complexity index is 360. The van der Waals surface area contributed by atoms with Crippen LogP contribution in [0.5, 0.6) is 0 Å². The lowest BCUT2D eigenvalue weighted by Gasteiger charge is -2.04. The summed E-state index contributed by atoms with van der Waals surface area (Å²) in [5.41, 5.74) is 0.608. The van der Waals surface area contributed by atoms with Crippen LogP contribution in [0, 0.1) is 0 Å². The second kappa shape index (κ2) is 10.3. The molecule has 0 heterocycles. The Balaban J connectivity index is 1.96. The number of benzene rings is 1. The van der Waals surface area contributed by atoms with Crippen molar-refractivity contribution < 1.29 is 14.3 Å². The van der Waals surface area contributed by atoms with Crippen molar-refractivity contribution in [1.29, 1.82) is 0 Å². The molecule has 0 saturated heterocycles. The van der Waals surface area contributed by atoms with Crippen molar-refractivity contribution in [3.05, 3.63) is 35.9 Å². The highest BCUT2D eigenvalue weighted by atomic mass is 16.5. The lowest BCUT2D eigenvalue weighted by molar-refractivity contribution is -0.107. The second-order valence-electron chi connectivity index (χ2n) is 4.58. The third-order valence-corrected chi connectivity index (χ3v) is 2.96. The molecule has 0 unspecified atom stereocenters. The van der Waals surface area contributed by atoms with Crippen molar-refractivity contribution in [2.24, 2.45) is 0 Å². The third-order valence-electron chi connectivity index (χ3n) is 2.96. The van der Waals surface area contributed by atoms with Crippen LogP contribution >= 0.6 is 0 Å². The van der Waals surface area contributed by atoms with Gasteiger partial charge in [0.15, 0.2) is 0 Å². The Labute approximate surface area is 115 Å². The number of carbonyl (C=O) groups is 2. The van der Waals surface area contributed by atoms with E-state index in [4.69, 9.17) is 4.74 Å². The zero-order valence-corrected chi connectivity index (χ0v) is 11.3. The molecular weight excluding hydrogens is 240 g/mol. The van der Waals surface area contributed by atoms with Gasteiger partial charge in [-0.05, 0) is 25.0 Å². The van der Waals surface area contributed by atoms with E-state index in [1.807, 2.05) is 18.2 Å². The van der Waals surface area contributed by atoms with Crippen LogP contribution in [0.15, 0.2) is 30.3 Å². The van der Waals surface area contributed by atoms with E-state index in [1.165, 1.54) is 0 Å². The Kier molecular flexibility index (Phi) is 8.36. The van der Waals surface area contributed by atoms with Gasteiger partial charge in [0.2, 0.25) is 0 Å². The van der Waals surface area contributed by atoms with Crippen LogP contribution in [-0.2, 0) is 9.53 Å². The van der Waals surface area contributed by atoms with Crippen LogP contribution in [0.4, 0.5) is 0 Å². The van der Waals surface area contributed by atoms with Gasteiger partial charge in [0, 0.05) is 6.42 Å². The normalized spacial score (nSPS) is 10.1. The maximum absolute atomic E-state index is 11.6. The lowest BCUT2D eigenvalue weighted by atomic mass is 10.1. The van der Waals surface area contributed by atoms with Crippen molar-refractivity contribution in [3.63, 3.8) is 0 Å². The summed E-state index contributed by atoms with van der Waals surface area (Å²) in [5, 5.41) is 0. The van der Waals surface area contributed by atoms with E-state index in [0.717, 1.165) is 44.8 Å². The average Bonchev–Trinajstić information content (AvgIpc) is 2.46. The minimum atomic E-state index is -0.244. The van der Waals surface area contributed by atoms with Gasteiger partial charge in [0.25, 0.3) is 0 Å². The molecule has 1 aromatic rings. The van der Waals surface area contributed by atoms with Crippen molar-refractivity contribution in [2.75, 3.05) is 6.61 Å². The molecule has 3 nitrogen and oxygen atoms in total. The molecule has 104 valence electrons. The number of aldehydes is 1. The summed E-state index contributed by atoms with van der Waals surface area (Å²) in [7, 11) is 0. The maximum Gasteiger partial charge on any atom is 0.338 e. The zero-order valence-electron chi connectivity index (χ0n) is 11.3. The quantitative estimate of drug-likeness (QED) is 0.366. The molecule has 0 fully saturated rings. The molecule has 0 atom stereocenters. The summed E-state index contributed by atoms with van der Waals surface area (Å²) in [6.45, 7) is 0.488. The first kappa shape index (κ1) is 15.4. The number of unbranched alkanes of at least 4 members (excludes halogenated alkanes) is 6. The van der Waals surface area contributed by atoms with E-state index >= 15 is 0 Å². The minimum absolute atomic E-state index is 0.244. The molecule has 0 radical (unpaired) electrons. The predicted molar refractivity (Wildman–Crippen MR) is 75.1 cm³/mol. The SMILES string of the molecule is O=CCCCCCCCCOC(=O)c1ccccc1. The first-order valence-corrected chi connectivity index (χ1v) is 7.00. The topological polar surface area (TPSA) is 43.4 Å². The lowest BCUT2D eigenvalue weighted by Crippen LogP contribution is -2.06. The van der Waals surface area contributed by atoms with E-state index in [2.05, 4.69) is 0 Å². The van der Waals surface area contributed by atoms with Gasteiger partial charge in [-0.25, -0.2) is 4.79 Å². The Hall–Kier alpha value is -1.64.